The third-order valence-corrected chi connectivity index (χ3v) is 23.8. The van der Waals surface area contributed by atoms with Gasteiger partial charge in [-0.15, -0.1) is 0 Å². The monoisotopic (exact) mass is 1830 g/mol. The van der Waals surface area contributed by atoms with Crippen molar-refractivity contribution in [2.45, 2.75) is 250 Å². The highest BCUT2D eigenvalue weighted by Crippen LogP contribution is 2.31. The number of carbonyl (C=O) groups is 13. The van der Waals surface area contributed by atoms with Gasteiger partial charge in [0.2, 0.25) is 65.0 Å². The van der Waals surface area contributed by atoms with Crippen molar-refractivity contribution in [2.75, 3.05) is 84.5 Å². The van der Waals surface area contributed by atoms with E-state index in [9.17, 15) is 82.4 Å². The van der Waals surface area contributed by atoms with Gasteiger partial charge in [-0.1, -0.05) is 118 Å². The number of amides is 13. The first-order valence-corrected chi connectivity index (χ1v) is 44.9. The summed E-state index contributed by atoms with van der Waals surface area (Å²) in [5, 5.41) is 62.4. The number of anilines is 3. The number of carboxylic acids is 1. The maximum atomic E-state index is 14.7. The van der Waals surface area contributed by atoms with Gasteiger partial charge in [-0.2, -0.15) is 4.98 Å². The summed E-state index contributed by atoms with van der Waals surface area (Å²) >= 11 is 0. The zero-order valence-corrected chi connectivity index (χ0v) is 77.5. The van der Waals surface area contributed by atoms with E-state index in [-0.39, 0.29) is 136 Å². The molecule has 2 saturated heterocycles. The van der Waals surface area contributed by atoms with Gasteiger partial charge in [-0.05, 0) is 137 Å². The lowest BCUT2D eigenvalue weighted by atomic mass is 9.89. The number of methoxy groups -OCH3 is 2. The predicted octanol–water partition coefficient (Wildman–Crippen LogP) is 2.29. The number of urea groups is 1. The van der Waals surface area contributed by atoms with Crippen molar-refractivity contribution in [1.82, 2.24) is 82.5 Å². The fraction of sp³-hybridized carbons (Fsp3) is 0.593. The zero-order chi connectivity index (χ0) is 96.5. The van der Waals surface area contributed by atoms with Gasteiger partial charge in [0.1, 0.15) is 48.5 Å². The Morgan fingerprint density at radius 3 is 1.93 bits per heavy atom. The second-order valence-electron chi connectivity index (χ2n) is 34.9. The number of aliphatic hydroxyl groups excluding tert-OH is 2. The molecule has 0 bridgehead atoms. The Kier molecular flexibility index (Phi) is 42.4. The molecule has 7 rings (SSSR count). The molecule has 4 heterocycles. The lowest BCUT2D eigenvalue weighted by molar-refractivity contribution is -0.148. The van der Waals surface area contributed by atoms with Crippen LogP contribution in [0.2, 0.25) is 0 Å². The third-order valence-electron chi connectivity index (χ3n) is 23.8. The van der Waals surface area contributed by atoms with Crippen LogP contribution >= 0.6 is 0 Å². The fourth-order valence-electron chi connectivity index (χ4n) is 16.3. The molecule has 11 unspecified atom stereocenters. The number of fused-ring (bicyclic) bond motifs is 1. The van der Waals surface area contributed by atoms with Crippen LogP contribution in [0.3, 0.4) is 0 Å². The molecule has 2 fully saturated rings. The number of aliphatic hydroxyl groups is 2. The summed E-state index contributed by atoms with van der Waals surface area (Å²) in [6.07, 6.45) is -2.63. The number of likely N-dealkylation sites (N-methyl/N-ethyl adjacent to an activating group) is 2. The number of nitrogens with zero attached hydrogens (tertiary/aromatic N) is 6. The molecular weight excluding hydrogens is 1690 g/mol. The van der Waals surface area contributed by atoms with Gasteiger partial charge in [0.05, 0.1) is 73.6 Å². The van der Waals surface area contributed by atoms with E-state index in [1.165, 1.54) is 32.5 Å². The van der Waals surface area contributed by atoms with Gasteiger partial charge in [-0.25, -0.2) is 19.6 Å². The second-order valence-corrected chi connectivity index (χ2v) is 34.9. The summed E-state index contributed by atoms with van der Waals surface area (Å²) in [6.45, 7) is 17.5. The molecule has 40 heteroatoms. The van der Waals surface area contributed by atoms with Crippen LogP contribution in [-0.4, -0.2) is 280 Å². The van der Waals surface area contributed by atoms with E-state index in [2.05, 4.69) is 78.4 Å². The van der Waals surface area contributed by atoms with Gasteiger partial charge in [0.15, 0.2) is 11.2 Å². The summed E-state index contributed by atoms with van der Waals surface area (Å²) < 4.78 is 18.1. The molecule has 16 atom stereocenters. The molecule has 2 aliphatic heterocycles. The van der Waals surface area contributed by atoms with E-state index in [1.807, 2.05) is 90.9 Å². The highest BCUT2D eigenvalue weighted by molar-refractivity contribution is 5.99. The Labute approximate surface area is 764 Å². The minimum absolute atomic E-state index is 0.00743. The Balaban J connectivity index is 0.839. The highest BCUT2D eigenvalue weighted by atomic mass is 16.5. The average Bonchev–Trinajstić information content (AvgIpc) is 1.79. The third kappa shape index (κ3) is 32.3. The molecule has 3 aromatic carbocycles. The minimum atomic E-state index is -1.56. The number of ether oxygens (including phenoxy) is 3. The van der Waals surface area contributed by atoms with Crippen LogP contribution in [0.5, 0.6) is 0 Å². The number of aromatic amines is 1. The maximum absolute atomic E-state index is 14.7. The van der Waals surface area contributed by atoms with Crippen LogP contribution in [0.15, 0.2) is 89.9 Å². The number of nitrogen functional groups attached to an aromatic ring is 1. The molecule has 40 nitrogen and oxygen atoms in total. The topological polar surface area (TPSA) is 576 Å². The van der Waals surface area contributed by atoms with Crippen molar-refractivity contribution in [3.63, 3.8) is 0 Å². The molecule has 19 N–H and O–H groups in total. The lowest BCUT2D eigenvalue weighted by Gasteiger charge is -2.41. The van der Waals surface area contributed by atoms with E-state index in [4.69, 9.17) is 25.7 Å². The van der Waals surface area contributed by atoms with E-state index < -0.39 is 168 Å². The van der Waals surface area contributed by atoms with Crippen molar-refractivity contribution >= 4 is 105 Å². The van der Waals surface area contributed by atoms with Crippen molar-refractivity contribution in [3.05, 3.63) is 118 Å². The molecule has 13 amide bonds. The summed E-state index contributed by atoms with van der Waals surface area (Å²) in [5.74, 6) is -8.60. The SMILES string of the molecule is CCC(C)C(C(CC(=O)N1CCCC1C(OC)C(C)C(=O)N[C@@H](Cc1ccccc1)C(=O)NCCc1ccc(NC(=O)C(CCCNC(N)=O)NC(=O)[C@H](NC(=O)C[C@@H]2O[C@H](CNC(=O)CCCCCNC(=O)CCC(NC(=O)c3ccc(NCc4cnc5nc(N)[nH]c(=O)c5n4)cc3)C(=O)O)C(O)C2O)C(C)C)cc1)OC)N(C)C(=O)[C@@H](NC(=O)C(C(C)C)N(C)C)C(C)C. The summed E-state index contributed by atoms with van der Waals surface area (Å²) in [5.41, 5.74) is 13.5. The van der Waals surface area contributed by atoms with E-state index in [0.717, 1.165) is 11.1 Å². The Morgan fingerprint density at radius 2 is 1.30 bits per heavy atom. The van der Waals surface area contributed by atoms with Crippen LogP contribution in [0, 0.1) is 29.6 Å². The summed E-state index contributed by atoms with van der Waals surface area (Å²) in [7, 11) is 8.35. The number of nitrogens with one attached hydrogen (secondary N) is 12. The molecular formula is C91H136N20O20. The number of unbranched alkanes of at least 4 members (excludes halogenated alkanes) is 2. The Morgan fingerprint density at radius 1 is 0.641 bits per heavy atom. The Bertz CT molecular complexity index is 4690. The average molecular weight is 1830 g/mol. The van der Waals surface area contributed by atoms with Crippen molar-refractivity contribution < 1.29 is 91.9 Å². The number of carboxylic acid groups (broad SMARTS) is 1. The van der Waals surface area contributed by atoms with Crippen LogP contribution in [0.25, 0.3) is 11.2 Å². The maximum Gasteiger partial charge on any atom is 0.326 e. The van der Waals surface area contributed by atoms with Crippen LogP contribution in [0.4, 0.5) is 22.1 Å². The number of benzene rings is 3. The number of rotatable bonds is 53. The van der Waals surface area contributed by atoms with E-state index in [1.54, 1.807) is 74.0 Å². The van der Waals surface area contributed by atoms with Gasteiger partial charge < -0.3 is 109 Å². The normalized spacial score (nSPS) is 18.0. The summed E-state index contributed by atoms with van der Waals surface area (Å²) in [6, 6.07) is 14.0. The number of primary amides is 1. The second kappa shape index (κ2) is 52.3. The number of hydrogen-bond acceptors (Lipinski definition) is 25. The molecule has 5 aromatic rings. The van der Waals surface area contributed by atoms with Crippen molar-refractivity contribution in [3.8, 4) is 0 Å². The molecule has 0 spiro atoms. The highest BCUT2D eigenvalue weighted by Gasteiger charge is 2.46. The van der Waals surface area contributed by atoms with E-state index in [0.29, 0.717) is 68.6 Å². The molecule has 2 aliphatic rings. The summed E-state index contributed by atoms with van der Waals surface area (Å²) in [4.78, 5) is 208. The predicted molar refractivity (Wildman–Crippen MR) is 489 cm³/mol. The van der Waals surface area contributed by atoms with E-state index >= 15 is 0 Å². The zero-order valence-electron chi connectivity index (χ0n) is 77.5. The van der Waals surface area contributed by atoms with Gasteiger partial charge in [-0.3, -0.25) is 67.4 Å². The number of H-pyrrole nitrogens is 1. The number of hydrogen-bond donors (Lipinski definition) is 17. The fourth-order valence-corrected chi connectivity index (χ4v) is 16.3. The van der Waals surface area contributed by atoms with Crippen LogP contribution in [-0.2, 0) is 86.3 Å². The largest absolute Gasteiger partial charge is 0.480 e. The van der Waals surface area contributed by atoms with Crippen molar-refractivity contribution in [1.29, 1.82) is 0 Å². The molecule has 0 radical (unpaired) electrons. The first-order valence-electron chi connectivity index (χ1n) is 44.9. The minimum Gasteiger partial charge on any atom is -0.480 e. The first kappa shape index (κ1) is 106. The smallest absolute Gasteiger partial charge is 0.326 e. The number of aromatic nitrogens is 4. The number of likely N-dealkylation sites (tertiary alicyclic amines) is 1. The molecule has 131 heavy (non-hydrogen) atoms. The standard InChI is InChI=1S/C91H136N20O20/c1-15-53(8)76(110(12)88(125)73(51(4)5)106-87(124)75(52(6)7)109(10)11)65(129-13)46-71(115)111-43-23-27-64(111)79(130-14)54(9)81(118)104-63(44-56-24-18-16-19-25-56)83(120)95-42-39-55-29-33-59(34-30-55)101-84(121)61(26-22-41-96-91(93)128)102-85(122)72(50(2)3)105-70(114)45-66-77(116)78(117)67(131-66)49-98-68(112)28-20-17-21-40-94-69(113)38-37-62(89(126)127)103-82(119)57-31-35-58(36-32-57)97-47-60-48-99-80-74(100-60)86(123)108-90(92)107-80/h16,18-19,24-25,29-36,48,50-54,61-67,72-73,75-79,97,116-117H,15,17,20-23,26-28,37-47,49H2,1-14H3,(H,94,113)(H,95,120)(H,98,112)(H,101,121)(H,102,122)(H,103,119)(H,104,118)(H,105,114)(H,106,124)(H,126,127)(H3,93,96,128)(H3,92,99,107,108,123)/t53?,54?,61?,62?,63-,64?,65?,66-,67+,72+,73-,75?,76?,77?,78?,79?/m0/s1. The van der Waals surface area contributed by atoms with Gasteiger partial charge >= 0.3 is 12.0 Å². The first-order chi connectivity index (χ1) is 62.2. The van der Waals surface area contributed by atoms with Gasteiger partial charge in [0, 0.05) is 90.2 Å². The quantitative estimate of drug-likeness (QED) is 0.0248. The Hall–Kier alpha value is -11.8. The molecule has 0 saturated carbocycles. The number of carbonyl (C=O) groups excluding carboxylic acids is 12. The molecule has 2 aromatic heterocycles. The van der Waals surface area contributed by atoms with Crippen molar-refractivity contribution in [2.24, 2.45) is 35.3 Å². The van der Waals surface area contributed by atoms with Gasteiger partial charge in [0.25, 0.3) is 11.5 Å². The number of nitrogens with two attached hydrogens (primary N) is 2. The molecule has 0 aliphatic carbocycles. The molecule has 720 valence electrons. The van der Waals surface area contributed by atoms with Crippen LogP contribution < -0.4 is 75.5 Å². The lowest BCUT2D eigenvalue weighted by Crippen LogP contribution is -2.59. The number of aliphatic carboxylic acids is 1. The van der Waals surface area contributed by atoms with Crippen LogP contribution in [0.1, 0.15) is 173 Å².